The molecule has 3 fully saturated rings. The summed E-state index contributed by atoms with van der Waals surface area (Å²) in [6.45, 7) is 7.21. The predicted octanol–water partition coefficient (Wildman–Crippen LogP) is 7.83. The van der Waals surface area contributed by atoms with Gasteiger partial charge in [0.2, 0.25) is 0 Å². The van der Waals surface area contributed by atoms with E-state index >= 15 is 0 Å². The molecule has 0 spiro atoms. The molecular weight excluding hydrogens is 512 g/mol. The number of allylic oxidation sites excluding steroid dienone is 3. The van der Waals surface area contributed by atoms with Crippen LogP contribution in [0.5, 0.6) is 0 Å². The van der Waals surface area contributed by atoms with Crippen molar-refractivity contribution in [2.45, 2.75) is 76.4 Å². The second kappa shape index (κ2) is 11.2. The summed E-state index contributed by atoms with van der Waals surface area (Å²) in [4.78, 5) is 25.6. The molecule has 0 saturated heterocycles. The number of hydrogen-bond acceptors (Lipinski definition) is 7. The van der Waals surface area contributed by atoms with Crippen LogP contribution in [0.4, 0.5) is 9.59 Å². The zero-order valence-corrected chi connectivity index (χ0v) is 24.6. The van der Waals surface area contributed by atoms with Gasteiger partial charge in [-0.3, -0.25) is 0 Å². The van der Waals surface area contributed by atoms with Crippen LogP contribution in [-0.2, 0) is 18.9 Å². The molecule has 3 saturated carbocycles. The average molecular weight is 555 g/mol. The fraction of sp³-hybridized carbons (Fsp3) is 0.625. The van der Waals surface area contributed by atoms with Gasteiger partial charge in [-0.05, 0) is 66.9 Å². The first-order valence-electron chi connectivity index (χ1n) is 14.3. The van der Waals surface area contributed by atoms with E-state index in [1.54, 1.807) is 0 Å². The van der Waals surface area contributed by atoms with E-state index in [4.69, 9.17) is 18.9 Å². The number of fused-ring (bicyclic) bond motifs is 5. The minimum Gasteiger partial charge on any atom is -0.438 e. The number of benzene rings is 1. The van der Waals surface area contributed by atoms with Crippen molar-refractivity contribution >= 4 is 24.1 Å². The maximum absolute atomic E-state index is 12.3. The summed E-state index contributed by atoms with van der Waals surface area (Å²) in [5.41, 5.74) is 2.61. The van der Waals surface area contributed by atoms with Gasteiger partial charge in [-0.15, -0.1) is 11.8 Å². The molecule has 0 N–H and O–H groups in total. The highest BCUT2D eigenvalue weighted by Crippen LogP contribution is 2.66. The molecule has 7 heteroatoms. The molecule has 4 aliphatic carbocycles. The second-order valence-corrected chi connectivity index (χ2v) is 13.4. The third kappa shape index (κ3) is 5.12. The molecule has 212 valence electrons. The van der Waals surface area contributed by atoms with E-state index in [0.29, 0.717) is 30.6 Å². The summed E-state index contributed by atoms with van der Waals surface area (Å²) >= 11 is 1.98. The summed E-state index contributed by atoms with van der Waals surface area (Å²) in [6, 6.07) is 10.7. The van der Waals surface area contributed by atoms with Gasteiger partial charge < -0.3 is 18.9 Å². The SMILES string of the molecule is COC(=O)OC1CC2=CC=C3[C@@H]4CC[C@H](C(C)CSc5ccccc5)[C@@]4(C)CC[C@@H]3[C@@]2(C)C(OC(=O)OC)C1. The van der Waals surface area contributed by atoms with Crippen molar-refractivity contribution in [3.8, 4) is 0 Å². The number of methoxy groups -OCH3 is 2. The first kappa shape index (κ1) is 28.1. The van der Waals surface area contributed by atoms with Gasteiger partial charge in [-0.2, -0.15) is 0 Å². The number of carbonyl (C=O) groups excluding carboxylic acids is 2. The maximum atomic E-state index is 12.3. The van der Waals surface area contributed by atoms with Gasteiger partial charge in [0.1, 0.15) is 12.2 Å². The van der Waals surface area contributed by atoms with Crippen LogP contribution >= 0.6 is 11.8 Å². The van der Waals surface area contributed by atoms with Gasteiger partial charge in [-0.25, -0.2) is 9.59 Å². The molecule has 39 heavy (non-hydrogen) atoms. The van der Waals surface area contributed by atoms with Gasteiger partial charge in [0.05, 0.1) is 14.2 Å². The van der Waals surface area contributed by atoms with Crippen LogP contribution in [0, 0.1) is 34.5 Å². The molecule has 5 rings (SSSR count). The molecule has 0 bridgehead atoms. The van der Waals surface area contributed by atoms with E-state index in [-0.39, 0.29) is 16.7 Å². The van der Waals surface area contributed by atoms with Crippen molar-refractivity contribution in [2.24, 2.45) is 34.5 Å². The Kier molecular flexibility index (Phi) is 8.10. The Morgan fingerprint density at radius 2 is 1.69 bits per heavy atom. The fourth-order valence-electron chi connectivity index (χ4n) is 8.45. The average Bonchev–Trinajstić information content (AvgIpc) is 3.30. The highest BCUT2D eigenvalue weighted by molar-refractivity contribution is 7.99. The van der Waals surface area contributed by atoms with Crippen LogP contribution in [0.3, 0.4) is 0 Å². The van der Waals surface area contributed by atoms with Crippen molar-refractivity contribution in [2.75, 3.05) is 20.0 Å². The van der Waals surface area contributed by atoms with Crippen LogP contribution in [0.2, 0.25) is 0 Å². The topological polar surface area (TPSA) is 71.1 Å². The number of thioether (sulfide) groups is 1. The van der Waals surface area contributed by atoms with Crippen LogP contribution < -0.4 is 0 Å². The van der Waals surface area contributed by atoms with Crippen molar-refractivity contribution in [3.05, 3.63) is 53.6 Å². The van der Waals surface area contributed by atoms with Gasteiger partial charge >= 0.3 is 12.3 Å². The Morgan fingerprint density at radius 3 is 2.41 bits per heavy atom. The van der Waals surface area contributed by atoms with Gasteiger partial charge in [-0.1, -0.05) is 62.3 Å². The molecule has 4 aliphatic rings. The van der Waals surface area contributed by atoms with Crippen LogP contribution in [0.15, 0.2) is 58.5 Å². The summed E-state index contributed by atoms with van der Waals surface area (Å²) in [5, 5.41) is 0. The summed E-state index contributed by atoms with van der Waals surface area (Å²) in [5.74, 6) is 3.27. The first-order chi connectivity index (χ1) is 18.7. The number of ether oxygens (including phenoxy) is 4. The van der Waals surface area contributed by atoms with E-state index < -0.39 is 24.5 Å². The summed E-state index contributed by atoms with van der Waals surface area (Å²) in [7, 11) is 2.64. The molecule has 0 aromatic heterocycles. The zero-order chi connectivity index (χ0) is 27.8. The molecule has 3 unspecified atom stereocenters. The van der Waals surface area contributed by atoms with E-state index in [1.807, 2.05) is 11.8 Å². The molecule has 8 atom stereocenters. The van der Waals surface area contributed by atoms with Crippen LogP contribution in [0.25, 0.3) is 0 Å². The van der Waals surface area contributed by atoms with E-state index in [0.717, 1.165) is 12.2 Å². The smallest absolute Gasteiger partial charge is 0.438 e. The van der Waals surface area contributed by atoms with Crippen LogP contribution in [0.1, 0.15) is 59.3 Å². The highest BCUT2D eigenvalue weighted by Gasteiger charge is 2.60. The Balaban J connectivity index is 1.38. The number of hydrogen-bond donors (Lipinski definition) is 0. The molecule has 0 amide bonds. The molecule has 1 aromatic carbocycles. The highest BCUT2D eigenvalue weighted by atomic mass is 32.2. The summed E-state index contributed by atoms with van der Waals surface area (Å²) in [6.07, 6.45) is 8.05. The largest absolute Gasteiger partial charge is 0.508 e. The first-order valence-corrected chi connectivity index (χ1v) is 15.3. The lowest BCUT2D eigenvalue weighted by Crippen LogP contribution is -2.54. The van der Waals surface area contributed by atoms with Crippen LogP contribution in [-0.4, -0.2) is 44.5 Å². The van der Waals surface area contributed by atoms with E-state index in [2.05, 4.69) is 63.3 Å². The second-order valence-electron chi connectivity index (χ2n) is 12.3. The third-order valence-corrected chi connectivity index (χ3v) is 11.7. The van der Waals surface area contributed by atoms with Crippen molar-refractivity contribution in [3.63, 3.8) is 0 Å². The lowest BCUT2D eigenvalue weighted by atomic mass is 9.49. The van der Waals surface area contributed by atoms with Crippen molar-refractivity contribution < 1.29 is 28.5 Å². The third-order valence-electron chi connectivity index (χ3n) is 10.4. The van der Waals surface area contributed by atoms with E-state index in [9.17, 15) is 9.59 Å². The maximum Gasteiger partial charge on any atom is 0.508 e. The monoisotopic (exact) mass is 554 g/mol. The molecule has 0 aliphatic heterocycles. The Bertz CT molecular complexity index is 1130. The van der Waals surface area contributed by atoms with Gasteiger partial charge in [0.25, 0.3) is 0 Å². The fourth-order valence-corrected chi connectivity index (χ4v) is 9.49. The van der Waals surface area contributed by atoms with Gasteiger partial charge in [0.15, 0.2) is 0 Å². The zero-order valence-electron chi connectivity index (χ0n) is 23.8. The predicted molar refractivity (Wildman–Crippen MR) is 151 cm³/mol. The molecular formula is C32H42O6S. The lowest BCUT2D eigenvalue weighted by molar-refractivity contribution is -0.0829. The standard InChI is InChI=1S/C32H42O6S/c1-20(19-39-23-9-7-6-8-10-23)25-13-14-26-24-12-11-21-17-22(37-29(33)35-4)18-28(38-30(34)36-5)32(21,3)27(24)15-16-31(25,26)2/h6-12,20,22,25-28H,13-19H2,1-5H3/t20?,22?,25-,26+,27+,28?,31-,32+/m1/s1. The molecule has 0 radical (unpaired) electrons. The lowest BCUT2D eigenvalue weighted by Gasteiger charge is -2.57. The molecule has 0 heterocycles. The minimum atomic E-state index is -0.710. The van der Waals surface area contributed by atoms with Gasteiger partial charge in [0, 0.05) is 28.9 Å². The molecule has 6 nitrogen and oxygen atoms in total. The summed E-state index contributed by atoms with van der Waals surface area (Å²) < 4.78 is 21.1. The Labute approximate surface area is 236 Å². The minimum absolute atomic E-state index is 0.268. The Hall–Kier alpha value is -2.41. The normalized spacial score (nSPS) is 35.8. The van der Waals surface area contributed by atoms with Crippen molar-refractivity contribution in [1.29, 1.82) is 0 Å². The quantitative estimate of drug-likeness (QED) is 0.262. The Morgan fingerprint density at radius 1 is 0.974 bits per heavy atom. The van der Waals surface area contributed by atoms with E-state index in [1.165, 1.54) is 49.5 Å². The van der Waals surface area contributed by atoms with Crippen molar-refractivity contribution in [1.82, 2.24) is 0 Å². The number of carbonyl (C=O) groups is 2. The molecule has 1 aromatic rings. The number of rotatable bonds is 6.